The van der Waals surface area contributed by atoms with Crippen LogP contribution < -0.4 is 4.89 Å². The Hall–Kier alpha value is -0.0500. The Balaban J connectivity index is 0. The van der Waals surface area contributed by atoms with Crippen molar-refractivity contribution in [1.29, 1.82) is 0 Å². The van der Waals surface area contributed by atoms with Crippen LogP contribution in [-0.2, 0) is 32.6 Å². The topological polar surface area (TPSA) is 95.5 Å². The molecule has 0 aliphatic rings. The normalized spacial score (nSPS) is 16.3. The number of rotatable bonds is 12. The fourth-order valence-corrected chi connectivity index (χ4v) is 2.02. The van der Waals surface area contributed by atoms with Crippen LogP contribution in [-0.4, -0.2) is 67.1 Å². The predicted octanol–water partition coefficient (Wildman–Crippen LogP) is 1.23. The van der Waals surface area contributed by atoms with Gasteiger partial charge in [0.05, 0.1) is 32.5 Å². The summed E-state index contributed by atoms with van der Waals surface area (Å²) in [6.07, 6.45) is 0.882. The maximum Gasteiger partial charge on any atom is 0.267 e. The number of phosphoric ester groups is 1. The third-order valence-corrected chi connectivity index (χ3v) is 3.57. The molecule has 3 unspecified atom stereocenters. The fourth-order valence-electron chi connectivity index (χ4n) is 1.28. The second-order valence-corrected chi connectivity index (χ2v) is 5.61. The van der Waals surface area contributed by atoms with Gasteiger partial charge in [0.15, 0.2) is 0 Å². The van der Waals surface area contributed by atoms with Crippen LogP contribution in [0.1, 0.15) is 20.3 Å². The molecule has 0 aliphatic heterocycles. The van der Waals surface area contributed by atoms with Crippen LogP contribution in [0.5, 0.6) is 0 Å². The Bertz CT molecular complexity index is 273. The smallest absolute Gasteiger partial charge is 0.267 e. The highest BCUT2D eigenvalue weighted by Gasteiger charge is 2.13. The van der Waals surface area contributed by atoms with Crippen molar-refractivity contribution in [3.8, 4) is 0 Å². The van der Waals surface area contributed by atoms with Crippen LogP contribution >= 0.6 is 7.82 Å². The summed E-state index contributed by atoms with van der Waals surface area (Å²) in [6, 6.07) is 0. The minimum atomic E-state index is -4.17. The molecule has 0 radical (unpaired) electrons. The molecular weight excluding hydrogens is 315 g/mol. The van der Waals surface area contributed by atoms with Gasteiger partial charge in [-0.05, 0) is 13.3 Å². The van der Waals surface area contributed by atoms with E-state index >= 15 is 0 Å². The lowest BCUT2D eigenvalue weighted by Crippen LogP contribution is -2.24. The number of ether oxygens (including phenoxy) is 4. The van der Waals surface area contributed by atoms with Crippen molar-refractivity contribution >= 4 is 7.82 Å². The Morgan fingerprint density at radius 1 is 0.864 bits per heavy atom. The molecule has 3 atom stereocenters. The van der Waals surface area contributed by atoms with Gasteiger partial charge in [-0.2, -0.15) is 0 Å². The van der Waals surface area contributed by atoms with Crippen molar-refractivity contribution in [3.05, 3.63) is 0 Å². The number of hydrogen-bond donors (Lipinski definition) is 0. The molecule has 136 valence electrons. The van der Waals surface area contributed by atoms with E-state index in [1.807, 2.05) is 0 Å². The molecule has 0 aromatic carbocycles. The average molecular weight is 345 g/mol. The van der Waals surface area contributed by atoms with E-state index < -0.39 is 13.9 Å². The molecule has 0 saturated carbocycles. The van der Waals surface area contributed by atoms with Crippen molar-refractivity contribution in [3.63, 3.8) is 0 Å². The Kier molecular flexibility index (Phi) is 17.4. The zero-order valence-electron chi connectivity index (χ0n) is 14.4. The molecule has 0 spiro atoms. The van der Waals surface area contributed by atoms with Gasteiger partial charge in [0.2, 0.25) is 0 Å². The third kappa shape index (κ3) is 14.9. The third-order valence-electron chi connectivity index (χ3n) is 2.53. The van der Waals surface area contributed by atoms with Crippen LogP contribution in [0, 0.1) is 0 Å². The monoisotopic (exact) mass is 345 g/mol. The van der Waals surface area contributed by atoms with Gasteiger partial charge in [-0.25, -0.2) is 0 Å². The maximum atomic E-state index is 10.9. The Labute approximate surface area is 133 Å². The molecule has 0 rings (SSSR count). The van der Waals surface area contributed by atoms with Crippen molar-refractivity contribution in [2.75, 3.05) is 54.9 Å². The first-order chi connectivity index (χ1) is 10.4. The van der Waals surface area contributed by atoms with E-state index in [-0.39, 0.29) is 25.9 Å². The molecule has 22 heavy (non-hydrogen) atoms. The highest BCUT2D eigenvalue weighted by Crippen LogP contribution is 2.37. The van der Waals surface area contributed by atoms with Crippen LogP contribution in [0.3, 0.4) is 0 Å². The maximum absolute atomic E-state index is 10.9. The first kappa shape index (κ1) is 24.2. The highest BCUT2D eigenvalue weighted by molar-refractivity contribution is 7.45. The first-order valence-corrected chi connectivity index (χ1v) is 8.50. The minimum Gasteiger partial charge on any atom is -0.756 e. The number of phosphoric acid groups is 1. The molecule has 0 N–H and O–H groups in total. The van der Waals surface area contributed by atoms with Crippen molar-refractivity contribution < 1.29 is 37.5 Å². The van der Waals surface area contributed by atoms with Crippen LogP contribution in [0.25, 0.3) is 0 Å². The van der Waals surface area contributed by atoms with E-state index in [2.05, 4.69) is 16.0 Å². The van der Waals surface area contributed by atoms with E-state index in [0.29, 0.717) is 6.61 Å². The molecule has 0 aliphatic carbocycles. The fraction of sp³-hybridized carbons (Fsp3) is 1.00. The van der Waals surface area contributed by atoms with Crippen molar-refractivity contribution in [2.45, 2.75) is 32.5 Å². The zero-order valence-corrected chi connectivity index (χ0v) is 15.3. The summed E-state index contributed by atoms with van der Waals surface area (Å²) < 4.78 is 39.4. The van der Waals surface area contributed by atoms with E-state index in [0.717, 1.165) is 6.42 Å². The lowest BCUT2D eigenvalue weighted by Gasteiger charge is -2.24. The quantitative estimate of drug-likeness (QED) is 0.487. The minimum absolute atomic E-state index is 0.0582. The van der Waals surface area contributed by atoms with E-state index in [1.54, 1.807) is 21.1 Å². The van der Waals surface area contributed by atoms with Gasteiger partial charge in [-0.1, -0.05) is 6.92 Å². The molecule has 9 heteroatoms. The summed E-state index contributed by atoms with van der Waals surface area (Å²) in [5.41, 5.74) is 0. The summed E-state index contributed by atoms with van der Waals surface area (Å²) in [4.78, 5) is 10.9. The van der Waals surface area contributed by atoms with Gasteiger partial charge in [0, 0.05) is 28.4 Å². The number of methoxy groups -OCH3 is 4. The van der Waals surface area contributed by atoms with Gasteiger partial charge >= 0.3 is 0 Å². The highest BCUT2D eigenvalue weighted by atomic mass is 31.2. The molecule has 0 fully saturated rings. The van der Waals surface area contributed by atoms with E-state index in [1.165, 1.54) is 14.2 Å². The Morgan fingerprint density at radius 3 is 1.68 bits per heavy atom. The summed E-state index contributed by atoms with van der Waals surface area (Å²) in [5, 5.41) is 0. The standard InChI is InChI=1S/C7H17O6P.C6H14O2/c1-4-12-14(8,9)13-6-7(11-3)5-10-2;1-4-6(8-3)5-7-2/h7H,4-6H2,1-3H3,(H,8,9);6H,4-5H2,1-3H3/p-1. The van der Waals surface area contributed by atoms with Gasteiger partial charge < -0.3 is 32.9 Å². The van der Waals surface area contributed by atoms with Crippen molar-refractivity contribution in [2.24, 2.45) is 0 Å². The molecule has 0 heterocycles. The SMILES string of the molecule is CCC(COC)OC.CCOP(=O)([O-])OCC(COC)OC. The van der Waals surface area contributed by atoms with Crippen LogP contribution in [0.2, 0.25) is 0 Å². The summed E-state index contributed by atoms with van der Waals surface area (Å²) in [6.45, 7) is 4.56. The lowest BCUT2D eigenvalue weighted by molar-refractivity contribution is -0.227. The van der Waals surface area contributed by atoms with Crippen molar-refractivity contribution in [1.82, 2.24) is 0 Å². The van der Waals surface area contributed by atoms with Gasteiger partial charge in [0.1, 0.15) is 6.10 Å². The Morgan fingerprint density at radius 2 is 1.36 bits per heavy atom. The lowest BCUT2D eigenvalue weighted by atomic mass is 10.3. The summed E-state index contributed by atoms with van der Waals surface area (Å²) in [5.74, 6) is 0. The zero-order chi connectivity index (χ0) is 17.4. The molecule has 0 aromatic rings. The summed E-state index contributed by atoms with van der Waals surface area (Å²) in [7, 11) is 2.15. The molecule has 0 bridgehead atoms. The second-order valence-electron chi connectivity index (χ2n) is 4.20. The predicted molar refractivity (Wildman–Crippen MR) is 80.8 cm³/mol. The molecular formula is C13H30O8P-. The first-order valence-electron chi connectivity index (χ1n) is 7.04. The molecule has 0 saturated heterocycles. The van der Waals surface area contributed by atoms with Crippen LogP contribution in [0.4, 0.5) is 0 Å². The van der Waals surface area contributed by atoms with Crippen LogP contribution in [0.15, 0.2) is 0 Å². The molecule has 0 amide bonds. The molecule has 8 nitrogen and oxygen atoms in total. The second kappa shape index (κ2) is 15.8. The van der Waals surface area contributed by atoms with E-state index in [9.17, 15) is 9.46 Å². The molecule has 0 aromatic heterocycles. The van der Waals surface area contributed by atoms with E-state index in [4.69, 9.17) is 18.9 Å². The van der Waals surface area contributed by atoms with Gasteiger partial charge in [-0.15, -0.1) is 0 Å². The average Bonchev–Trinajstić information content (AvgIpc) is 2.49. The van der Waals surface area contributed by atoms with Gasteiger partial charge in [-0.3, -0.25) is 4.57 Å². The number of hydrogen-bond acceptors (Lipinski definition) is 8. The largest absolute Gasteiger partial charge is 0.756 e. The summed E-state index contributed by atoms with van der Waals surface area (Å²) >= 11 is 0. The van der Waals surface area contributed by atoms with Gasteiger partial charge in [0.25, 0.3) is 7.82 Å².